The molecule has 3 rings (SSSR count). The van der Waals surface area contributed by atoms with Crippen molar-refractivity contribution >= 4 is 34.0 Å². The number of amides is 2. The molecule has 0 spiro atoms. The molecule has 0 aliphatic carbocycles. The number of benzene rings is 1. The number of aromatic nitrogens is 1. The lowest BCUT2D eigenvalue weighted by Crippen LogP contribution is -2.43. The van der Waals surface area contributed by atoms with Gasteiger partial charge in [0.25, 0.3) is 0 Å². The molecule has 6 nitrogen and oxygen atoms in total. The van der Waals surface area contributed by atoms with Crippen LogP contribution in [0, 0.1) is 5.92 Å². The average molecular weight is 344 g/mol. The third kappa shape index (κ3) is 4.62. The van der Waals surface area contributed by atoms with Crippen molar-refractivity contribution in [2.75, 3.05) is 30.3 Å². The van der Waals surface area contributed by atoms with Crippen molar-refractivity contribution in [2.24, 2.45) is 5.92 Å². The molecule has 2 aromatic rings. The van der Waals surface area contributed by atoms with Crippen molar-refractivity contribution in [2.45, 2.75) is 12.8 Å². The Morgan fingerprint density at radius 1 is 1.25 bits per heavy atom. The topological polar surface area (TPSA) is 74.3 Å². The smallest absolute Gasteiger partial charge is 0.240 e. The molecule has 1 atom stereocenters. The van der Waals surface area contributed by atoms with E-state index in [2.05, 4.69) is 15.6 Å². The van der Waals surface area contributed by atoms with Gasteiger partial charge in [-0.25, -0.2) is 4.98 Å². The van der Waals surface area contributed by atoms with Gasteiger partial charge in [0.1, 0.15) is 0 Å². The molecule has 1 aromatic heterocycles. The standard InChI is InChI=1S/C17H20N4O2S/c22-15(20-17-18-8-10-24-17)12-21-9-4-5-13(11-21)16(23)19-14-6-2-1-3-7-14/h1-3,6-8,10,13H,4-5,9,11-12H2,(H,19,23)(H,18,20,22). The first-order chi connectivity index (χ1) is 11.7. The van der Waals surface area contributed by atoms with Crippen LogP contribution in [-0.2, 0) is 9.59 Å². The summed E-state index contributed by atoms with van der Waals surface area (Å²) >= 11 is 1.39. The molecule has 126 valence electrons. The Morgan fingerprint density at radius 2 is 2.08 bits per heavy atom. The number of carbonyl (C=O) groups is 2. The van der Waals surface area contributed by atoms with Gasteiger partial charge in [-0.05, 0) is 31.5 Å². The van der Waals surface area contributed by atoms with Crippen molar-refractivity contribution in [3.63, 3.8) is 0 Å². The van der Waals surface area contributed by atoms with Crippen molar-refractivity contribution < 1.29 is 9.59 Å². The lowest BCUT2D eigenvalue weighted by Gasteiger charge is -2.31. The highest BCUT2D eigenvalue weighted by molar-refractivity contribution is 7.13. The Hall–Kier alpha value is -2.25. The van der Waals surface area contributed by atoms with Gasteiger partial charge in [0.2, 0.25) is 11.8 Å². The normalized spacial score (nSPS) is 18.1. The van der Waals surface area contributed by atoms with Gasteiger partial charge in [-0.15, -0.1) is 11.3 Å². The fraction of sp³-hybridized carbons (Fsp3) is 0.353. The Balaban J connectivity index is 1.50. The van der Waals surface area contributed by atoms with E-state index in [1.165, 1.54) is 11.3 Å². The first-order valence-corrected chi connectivity index (χ1v) is 8.86. The van der Waals surface area contributed by atoms with Gasteiger partial charge >= 0.3 is 0 Å². The number of nitrogens with zero attached hydrogens (tertiary/aromatic N) is 2. The SMILES string of the molecule is O=C(CN1CCCC(C(=O)Nc2ccccc2)C1)Nc1nccs1. The molecule has 24 heavy (non-hydrogen) atoms. The summed E-state index contributed by atoms with van der Waals surface area (Å²) in [6, 6.07) is 9.45. The van der Waals surface area contributed by atoms with E-state index in [1.807, 2.05) is 40.6 Å². The van der Waals surface area contributed by atoms with Crippen LogP contribution in [0.25, 0.3) is 0 Å². The molecule has 1 aliphatic heterocycles. The van der Waals surface area contributed by atoms with Crippen molar-refractivity contribution in [1.82, 2.24) is 9.88 Å². The van der Waals surface area contributed by atoms with Gasteiger partial charge in [-0.1, -0.05) is 18.2 Å². The molecule has 0 bridgehead atoms. The predicted octanol–water partition coefficient (Wildman–Crippen LogP) is 2.43. The highest BCUT2D eigenvalue weighted by Gasteiger charge is 2.27. The lowest BCUT2D eigenvalue weighted by molar-refractivity contribution is -0.123. The van der Waals surface area contributed by atoms with Gasteiger partial charge in [-0.3, -0.25) is 14.5 Å². The molecule has 1 unspecified atom stereocenters. The number of hydrogen-bond donors (Lipinski definition) is 2. The summed E-state index contributed by atoms with van der Waals surface area (Å²) in [6.07, 6.45) is 3.42. The van der Waals surface area contributed by atoms with Crippen LogP contribution < -0.4 is 10.6 Å². The van der Waals surface area contributed by atoms with Crippen LogP contribution in [0.2, 0.25) is 0 Å². The summed E-state index contributed by atoms with van der Waals surface area (Å²) in [7, 11) is 0. The predicted molar refractivity (Wildman–Crippen MR) is 95.0 cm³/mol. The van der Waals surface area contributed by atoms with Crippen molar-refractivity contribution in [3.05, 3.63) is 41.9 Å². The van der Waals surface area contributed by atoms with Crippen LogP contribution >= 0.6 is 11.3 Å². The molecule has 1 saturated heterocycles. The van der Waals surface area contributed by atoms with Crippen molar-refractivity contribution in [1.29, 1.82) is 0 Å². The fourth-order valence-electron chi connectivity index (χ4n) is 2.83. The number of hydrogen-bond acceptors (Lipinski definition) is 5. The molecular weight excluding hydrogens is 324 g/mol. The van der Waals surface area contributed by atoms with Crippen LogP contribution in [0.15, 0.2) is 41.9 Å². The minimum atomic E-state index is -0.0911. The largest absolute Gasteiger partial charge is 0.326 e. The van der Waals surface area contributed by atoms with Gasteiger partial charge < -0.3 is 10.6 Å². The number of likely N-dealkylation sites (tertiary alicyclic amines) is 1. The highest BCUT2D eigenvalue weighted by atomic mass is 32.1. The van der Waals surface area contributed by atoms with E-state index in [-0.39, 0.29) is 24.3 Å². The van der Waals surface area contributed by atoms with Gasteiger partial charge in [0.05, 0.1) is 12.5 Å². The summed E-state index contributed by atoms with van der Waals surface area (Å²) in [6.45, 7) is 1.72. The molecule has 2 N–H and O–H groups in total. The summed E-state index contributed by atoms with van der Waals surface area (Å²) in [5.74, 6) is -0.160. The second-order valence-electron chi connectivity index (χ2n) is 5.81. The molecule has 2 heterocycles. The maximum atomic E-state index is 12.4. The third-order valence-corrected chi connectivity index (χ3v) is 4.65. The average Bonchev–Trinajstić information content (AvgIpc) is 3.09. The Labute approximate surface area is 144 Å². The number of thiazole rings is 1. The molecule has 7 heteroatoms. The van der Waals surface area contributed by atoms with E-state index in [0.717, 1.165) is 25.1 Å². The number of anilines is 2. The number of carbonyl (C=O) groups excluding carboxylic acids is 2. The summed E-state index contributed by atoms with van der Waals surface area (Å²) in [5, 5.41) is 8.15. The zero-order valence-electron chi connectivity index (χ0n) is 13.3. The Kier molecular flexibility index (Phi) is 5.55. The van der Waals surface area contributed by atoms with Crippen LogP contribution in [0.4, 0.5) is 10.8 Å². The Bertz CT molecular complexity index is 675. The first-order valence-electron chi connectivity index (χ1n) is 7.98. The second kappa shape index (κ2) is 8.03. The van der Waals surface area contributed by atoms with E-state index in [9.17, 15) is 9.59 Å². The number of para-hydroxylation sites is 1. The maximum absolute atomic E-state index is 12.4. The lowest BCUT2D eigenvalue weighted by atomic mass is 9.97. The molecule has 1 aromatic carbocycles. The monoisotopic (exact) mass is 344 g/mol. The summed E-state index contributed by atoms with van der Waals surface area (Å²) < 4.78 is 0. The third-order valence-electron chi connectivity index (χ3n) is 3.96. The molecule has 1 fully saturated rings. The Morgan fingerprint density at radius 3 is 2.83 bits per heavy atom. The van der Waals surface area contributed by atoms with Crippen molar-refractivity contribution in [3.8, 4) is 0 Å². The molecule has 0 radical (unpaired) electrons. The molecule has 1 aliphatic rings. The van der Waals surface area contributed by atoms with Gasteiger partial charge in [0.15, 0.2) is 5.13 Å². The number of rotatable bonds is 5. The molecular formula is C17H20N4O2S. The van der Waals surface area contributed by atoms with E-state index in [4.69, 9.17) is 0 Å². The molecule has 2 amide bonds. The van der Waals surface area contributed by atoms with Gasteiger partial charge in [-0.2, -0.15) is 0 Å². The van der Waals surface area contributed by atoms with Crippen LogP contribution in [0.1, 0.15) is 12.8 Å². The van der Waals surface area contributed by atoms with Crippen LogP contribution in [0.3, 0.4) is 0 Å². The van der Waals surface area contributed by atoms with Gasteiger partial charge in [0, 0.05) is 23.8 Å². The number of nitrogens with one attached hydrogen (secondary N) is 2. The van der Waals surface area contributed by atoms with Crippen LogP contribution in [-0.4, -0.2) is 41.3 Å². The second-order valence-corrected chi connectivity index (χ2v) is 6.71. The van der Waals surface area contributed by atoms with Crippen LogP contribution in [0.5, 0.6) is 0 Å². The zero-order valence-corrected chi connectivity index (χ0v) is 14.1. The quantitative estimate of drug-likeness (QED) is 0.874. The number of piperidine rings is 1. The minimum Gasteiger partial charge on any atom is -0.326 e. The fourth-order valence-corrected chi connectivity index (χ4v) is 3.37. The van der Waals surface area contributed by atoms with E-state index in [0.29, 0.717) is 11.7 Å². The first kappa shape index (κ1) is 16.6. The van der Waals surface area contributed by atoms with E-state index < -0.39 is 0 Å². The zero-order chi connectivity index (χ0) is 16.8. The minimum absolute atomic E-state index is 0.0197. The summed E-state index contributed by atoms with van der Waals surface area (Å²) in [4.78, 5) is 30.5. The summed E-state index contributed by atoms with van der Waals surface area (Å²) in [5.41, 5.74) is 0.807. The molecule has 0 saturated carbocycles. The van der Waals surface area contributed by atoms with E-state index in [1.54, 1.807) is 6.20 Å². The van der Waals surface area contributed by atoms with E-state index >= 15 is 0 Å². The highest BCUT2D eigenvalue weighted by Crippen LogP contribution is 2.19. The maximum Gasteiger partial charge on any atom is 0.240 e.